The maximum Gasteiger partial charge on any atom is 0.0624 e. The molecule has 0 aliphatic rings. The molecule has 0 saturated heterocycles. The van der Waals surface area contributed by atoms with Crippen LogP contribution in [0.2, 0.25) is 5.02 Å². The summed E-state index contributed by atoms with van der Waals surface area (Å²) in [7, 11) is 0. The number of hydrogen-bond donors (Lipinski definition) is 0. The van der Waals surface area contributed by atoms with Crippen molar-refractivity contribution in [1.29, 1.82) is 0 Å². The first-order valence-corrected chi connectivity index (χ1v) is 9.02. The third kappa shape index (κ3) is 4.58. The Morgan fingerprint density at radius 1 is 1.19 bits per heavy atom. The number of hydrogen-bond acceptors (Lipinski definition) is 1. The van der Waals surface area contributed by atoms with E-state index < -0.39 is 0 Å². The zero-order valence-electron chi connectivity index (χ0n) is 12.6. The molecule has 21 heavy (non-hydrogen) atoms. The van der Waals surface area contributed by atoms with Gasteiger partial charge in [-0.3, -0.25) is 4.68 Å². The van der Waals surface area contributed by atoms with E-state index in [0.717, 1.165) is 36.2 Å². The van der Waals surface area contributed by atoms with Gasteiger partial charge in [0.15, 0.2) is 0 Å². The summed E-state index contributed by atoms with van der Waals surface area (Å²) in [5, 5.41) is 6.43. The Morgan fingerprint density at radius 3 is 2.48 bits per heavy atom. The Balaban J connectivity index is 2.08. The fourth-order valence-corrected chi connectivity index (χ4v) is 3.14. The van der Waals surface area contributed by atoms with Crippen molar-refractivity contribution in [3.63, 3.8) is 0 Å². The summed E-state index contributed by atoms with van der Waals surface area (Å²) in [6, 6.07) is 10.4. The average molecular weight is 370 g/mol. The average Bonchev–Trinajstić information content (AvgIpc) is 2.91. The smallest absolute Gasteiger partial charge is 0.0624 e. The molecule has 0 spiro atoms. The third-order valence-corrected chi connectivity index (χ3v) is 4.90. The minimum atomic E-state index is 0.567. The van der Waals surface area contributed by atoms with Gasteiger partial charge in [-0.15, -0.1) is 0 Å². The van der Waals surface area contributed by atoms with Crippen LogP contribution in [0.3, 0.4) is 0 Å². The molecule has 2 nitrogen and oxygen atoms in total. The number of halogens is 2. The summed E-state index contributed by atoms with van der Waals surface area (Å²) < 4.78 is 2.14. The van der Waals surface area contributed by atoms with Gasteiger partial charge in [0.2, 0.25) is 0 Å². The summed E-state index contributed by atoms with van der Waals surface area (Å²) in [5.74, 6) is 0.567. The van der Waals surface area contributed by atoms with Gasteiger partial charge in [-0.1, -0.05) is 46.6 Å². The van der Waals surface area contributed by atoms with E-state index in [2.05, 4.69) is 57.8 Å². The maximum absolute atomic E-state index is 5.95. The van der Waals surface area contributed by atoms with Crippen LogP contribution in [0.4, 0.5) is 0 Å². The summed E-state index contributed by atoms with van der Waals surface area (Å²) in [6.07, 6.45) is 3.10. The molecular weight excluding hydrogens is 348 g/mol. The van der Waals surface area contributed by atoms with Gasteiger partial charge < -0.3 is 0 Å². The second-order valence-electron chi connectivity index (χ2n) is 5.35. The molecule has 0 aliphatic carbocycles. The van der Waals surface area contributed by atoms with Gasteiger partial charge in [-0.05, 0) is 55.9 Å². The van der Waals surface area contributed by atoms with Crippen molar-refractivity contribution in [2.45, 2.75) is 39.7 Å². The number of aryl methyl sites for hydroxylation is 2. The topological polar surface area (TPSA) is 17.8 Å². The van der Waals surface area contributed by atoms with E-state index in [-0.39, 0.29) is 0 Å². The molecule has 4 heteroatoms. The molecule has 2 rings (SSSR count). The lowest BCUT2D eigenvalue weighted by molar-refractivity contribution is 0.535. The van der Waals surface area contributed by atoms with Crippen molar-refractivity contribution >= 4 is 27.5 Å². The molecule has 0 amide bonds. The number of nitrogens with zero attached hydrogens (tertiary/aromatic N) is 2. The molecule has 0 aliphatic heterocycles. The SMILES string of the molecule is CCc1cc(CC(CBr)Cc2ccc(Cl)cc2)n(CC)n1. The molecule has 1 aromatic carbocycles. The van der Waals surface area contributed by atoms with Crippen molar-refractivity contribution in [3.8, 4) is 0 Å². The summed E-state index contributed by atoms with van der Waals surface area (Å²) in [6.45, 7) is 5.24. The maximum atomic E-state index is 5.95. The fraction of sp³-hybridized carbons (Fsp3) is 0.471. The van der Waals surface area contributed by atoms with Gasteiger partial charge in [-0.25, -0.2) is 0 Å². The van der Waals surface area contributed by atoms with Crippen LogP contribution in [0, 0.1) is 5.92 Å². The first-order chi connectivity index (χ1) is 10.2. The van der Waals surface area contributed by atoms with Gasteiger partial charge in [0.05, 0.1) is 5.69 Å². The molecule has 0 fully saturated rings. The molecule has 0 N–H and O–H groups in total. The van der Waals surface area contributed by atoms with E-state index in [4.69, 9.17) is 11.6 Å². The second kappa shape index (κ2) is 8.00. The Hall–Kier alpha value is -0.800. The van der Waals surface area contributed by atoms with Crippen LogP contribution in [-0.2, 0) is 25.8 Å². The third-order valence-electron chi connectivity index (χ3n) is 3.73. The minimum Gasteiger partial charge on any atom is -0.270 e. The molecule has 1 aromatic heterocycles. The first kappa shape index (κ1) is 16.6. The van der Waals surface area contributed by atoms with Crippen LogP contribution >= 0.6 is 27.5 Å². The quantitative estimate of drug-likeness (QED) is 0.634. The molecule has 1 atom stereocenters. The Kier molecular flexibility index (Phi) is 6.31. The van der Waals surface area contributed by atoms with Crippen LogP contribution in [-0.4, -0.2) is 15.1 Å². The Bertz CT molecular complexity index is 563. The molecule has 0 saturated carbocycles. The Morgan fingerprint density at radius 2 is 1.90 bits per heavy atom. The lowest BCUT2D eigenvalue weighted by Gasteiger charge is -2.15. The highest BCUT2D eigenvalue weighted by atomic mass is 79.9. The van der Waals surface area contributed by atoms with Crippen molar-refractivity contribution in [2.24, 2.45) is 5.92 Å². The van der Waals surface area contributed by atoms with E-state index in [0.29, 0.717) is 5.92 Å². The van der Waals surface area contributed by atoms with E-state index in [1.165, 1.54) is 17.0 Å². The van der Waals surface area contributed by atoms with Crippen molar-refractivity contribution < 1.29 is 0 Å². The number of rotatable bonds is 7. The minimum absolute atomic E-state index is 0.567. The summed E-state index contributed by atoms with van der Waals surface area (Å²) >= 11 is 9.61. The normalized spacial score (nSPS) is 12.6. The van der Waals surface area contributed by atoms with Crippen molar-refractivity contribution in [2.75, 3.05) is 5.33 Å². The second-order valence-corrected chi connectivity index (χ2v) is 6.44. The number of benzene rings is 1. The number of alkyl halides is 1. The lowest BCUT2D eigenvalue weighted by Crippen LogP contribution is -2.13. The van der Waals surface area contributed by atoms with Gasteiger partial charge in [0.1, 0.15) is 0 Å². The van der Waals surface area contributed by atoms with E-state index >= 15 is 0 Å². The van der Waals surface area contributed by atoms with Crippen molar-refractivity contribution in [3.05, 3.63) is 52.3 Å². The molecule has 0 radical (unpaired) electrons. The zero-order valence-corrected chi connectivity index (χ0v) is 15.0. The molecule has 114 valence electrons. The van der Waals surface area contributed by atoms with Crippen LogP contribution in [0.1, 0.15) is 30.8 Å². The highest BCUT2D eigenvalue weighted by Crippen LogP contribution is 2.19. The van der Waals surface area contributed by atoms with E-state index in [1.54, 1.807) is 0 Å². The predicted octanol–water partition coefficient (Wildman–Crippen LogP) is 4.92. The summed E-state index contributed by atoms with van der Waals surface area (Å²) in [4.78, 5) is 0. The van der Waals surface area contributed by atoms with Crippen molar-refractivity contribution in [1.82, 2.24) is 9.78 Å². The Labute approximate surface area is 140 Å². The van der Waals surface area contributed by atoms with Gasteiger partial charge in [-0.2, -0.15) is 5.10 Å². The van der Waals surface area contributed by atoms with Gasteiger partial charge >= 0.3 is 0 Å². The molecule has 2 aromatic rings. The fourth-order valence-electron chi connectivity index (χ4n) is 2.56. The molecule has 1 heterocycles. The lowest BCUT2D eigenvalue weighted by atomic mass is 9.96. The van der Waals surface area contributed by atoms with Crippen LogP contribution in [0.15, 0.2) is 30.3 Å². The number of aromatic nitrogens is 2. The largest absolute Gasteiger partial charge is 0.270 e. The van der Waals surface area contributed by atoms with Gasteiger partial charge in [0, 0.05) is 22.6 Å². The van der Waals surface area contributed by atoms with E-state index in [9.17, 15) is 0 Å². The van der Waals surface area contributed by atoms with Crippen LogP contribution < -0.4 is 0 Å². The first-order valence-electron chi connectivity index (χ1n) is 7.52. The highest BCUT2D eigenvalue weighted by Gasteiger charge is 2.14. The predicted molar refractivity (Wildman–Crippen MR) is 93.4 cm³/mol. The van der Waals surface area contributed by atoms with Gasteiger partial charge in [0.25, 0.3) is 0 Å². The summed E-state index contributed by atoms with van der Waals surface area (Å²) in [5.41, 5.74) is 3.86. The molecule has 1 unspecified atom stereocenters. The standard InChI is InChI=1S/C17H22BrClN2/c1-3-16-11-17(21(4-2)20-16)10-14(12-18)9-13-5-7-15(19)8-6-13/h5-8,11,14H,3-4,9-10,12H2,1-2H3. The monoisotopic (exact) mass is 368 g/mol. The van der Waals surface area contributed by atoms with E-state index in [1.807, 2.05) is 12.1 Å². The highest BCUT2D eigenvalue weighted by molar-refractivity contribution is 9.09. The molecular formula is C17H22BrClN2. The zero-order chi connectivity index (χ0) is 15.2. The van der Waals surface area contributed by atoms with Crippen LogP contribution in [0.25, 0.3) is 0 Å². The van der Waals surface area contributed by atoms with Crippen LogP contribution in [0.5, 0.6) is 0 Å². The molecule has 0 bridgehead atoms.